The number of aromatic nitrogens is 1. The van der Waals surface area contributed by atoms with Crippen LogP contribution in [0.2, 0.25) is 0 Å². The van der Waals surface area contributed by atoms with Crippen LogP contribution in [-0.2, 0) is 7.05 Å². The van der Waals surface area contributed by atoms with Crippen LogP contribution in [0.4, 0.5) is 0 Å². The molecule has 1 aromatic carbocycles. The van der Waals surface area contributed by atoms with Crippen molar-refractivity contribution in [2.75, 3.05) is 7.11 Å². The minimum absolute atomic E-state index is 0.0117. The lowest BCUT2D eigenvalue weighted by molar-refractivity contribution is 0.0930. The van der Waals surface area contributed by atoms with Gasteiger partial charge >= 0.3 is 0 Å². The third-order valence-electron chi connectivity index (χ3n) is 4.19. The highest BCUT2D eigenvalue weighted by atomic mass is 16.5. The van der Waals surface area contributed by atoms with E-state index in [9.17, 15) is 4.79 Å². The number of carbonyl (C=O) groups excluding carboxylic acids is 1. The van der Waals surface area contributed by atoms with E-state index in [0.29, 0.717) is 11.7 Å². The Morgan fingerprint density at radius 1 is 1.35 bits per heavy atom. The van der Waals surface area contributed by atoms with Crippen LogP contribution in [-0.4, -0.2) is 23.6 Å². The van der Waals surface area contributed by atoms with E-state index in [2.05, 4.69) is 5.32 Å². The minimum atomic E-state index is 0.0117. The summed E-state index contributed by atoms with van der Waals surface area (Å²) in [4.78, 5) is 12.4. The van der Waals surface area contributed by atoms with Crippen molar-refractivity contribution in [1.29, 1.82) is 0 Å². The Morgan fingerprint density at radius 2 is 2.10 bits per heavy atom. The van der Waals surface area contributed by atoms with Crippen LogP contribution in [0.3, 0.4) is 0 Å². The zero-order chi connectivity index (χ0) is 14.1. The fourth-order valence-corrected chi connectivity index (χ4v) is 3.06. The monoisotopic (exact) mass is 272 g/mol. The number of benzene rings is 1. The molecule has 0 saturated heterocycles. The topological polar surface area (TPSA) is 43.3 Å². The predicted octanol–water partition coefficient (Wildman–Crippen LogP) is 2.86. The summed E-state index contributed by atoms with van der Waals surface area (Å²) in [5, 5.41) is 4.11. The maximum Gasteiger partial charge on any atom is 0.268 e. The molecule has 1 amide bonds. The fraction of sp³-hybridized carbons (Fsp3) is 0.438. The highest BCUT2D eigenvalue weighted by Gasteiger charge is 2.21. The van der Waals surface area contributed by atoms with E-state index in [-0.39, 0.29) is 5.91 Å². The lowest BCUT2D eigenvalue weighted by Gasteiger charge is -2.12. The Labute approximate surface area is 118 Å². The van der Waals surface area contributed by atoms with Gasteiger partial charge in [-0.1, -0.05) is 18.9 Å². The van der Waals surface area contributed by atoms with Crippen LogP contribution in [0, 0.1) is 0 Å². The Morgan fingerprint density at radius 3 is 2.80 bits per heavy atom. The summed E-state index contributed by atoms with van der Waals surface area (Å²) in [5.41, 5.74) is 1.71. The molecule has 0 spiro atoms. The van der Waals surface area contributed by atoms with E-state index in [1.165, 1.54) is 12.8 Å². The highest BCUT2D eigenvalue weighted by Crippen LogP contribution is 2.28. The van der Waals surface area contributed by atoms with Crippen molar-refractivity contribution in [2.24, 2.45) is 7.05 Å². The van der Waals surface area contributed by atoms with Gasteiger partial charge in [0.1, 0.15) is 11.4 Å². The van der Waals surface area contributed by atoms with Crippen molar-refractivity contribution in [3.05, 3.63) is 30.0 Å². The molecule has 1 heterocycles. The molecule has 4 heteroatoms. The third-order valence-corrected chi connectivity index (χ3v) is 4.19. The van der Waals surface area contributed by atoms with Crippen molar-refractivity contribution in [1.82, 2.24) is 9.88 Å². The molecule has 106 valence electrons. The van der Waals surface area contributed by atoms with Crippen molar-refractivity contribution in [3.63, 3.8) is 0 Å². The van der Waals surface area contributed by atoms with Gasteiger partial charge in [0.15, 0.2) is 0 Å². The van der Waals surface area contributed by atoms with Gasteiger partial charge in [-0.3, -0.25) is 4.79 Å². The quantitative estimate of drug-likeness (QED) is 0.933. The molecule has 0 bridgehead atoms. The fourth-order valence-electron chi connectivity index (χ4n) is 3.06. The van der Waals surface area contributed by atoms with Gasteiger partial charge < -0.3 is 14.6 Å². The molecular formula is C16H20N2O2. The first-order chi connectivity index (χ1) is 9.70. The first-order valence-electron chi connectivity index (χ1n) is 7.14. The molecule has 0 unspecified atom stereocenters. The van der Waals surface area contributed by atoms with E-state index < -0.39 is 0 Å². The lowest BCUT2D eigenvalue weighted by Crippen LogP contribution is -2.33. The molecule has 1 aliphatic carbocycles. The molecule has 1 aromatic heterocycles. The van der Waals surface area contributed by atoms with E-state index in [4.69, 9.17) is 4.74 Å². The largest absolute Gasteiger partial charge is 0.496 e. The second-order valence-corrected chi connectivity index (χ2v) is 5.44. The Balaban J connectivity index is 1.94. The molecule has 1 aliphatic rings. The highest BCUT2D eigenvalue weighted by molar-refractivity contribution is 6.00. The summed E-state index contributed by atoms with van der Waals surface area (Å²) in [5.74, 6) is 0.815. The number of carbonyl (C=O) groups is 1. The number of methoxy groups -OCH3 is 1. The van der Waals surface area contributed by atoms with Gasteiger partial charge in [0.05, 0.1) is 12.6 Å². The zero-order valence-electron chi connectivity index (χ0n) is 12.0. The molecular weight excluding hydrogens is 252 g/mol. The summed E-state index contributed by atoms with van der Waals surface area (Å²) in [6.45, 7) is 0. The number of amides is 1. The van der Waals surface area contributed by atoms with Crippen LogP contribution in [0.1, 0.15) is 36.2 Å². The normalized spacial score (nSPS) is 15.7. The summed E-state index contributed by atoms with van der Waals surface area (Å²) in [7, 11) is 3.57. The SMILES string of the molecule is COc1cccc2c1cc(C(=O)NC1CCCC1)n2C. The average Bonchev–Trinajstić information content (AvgIpc) is 3.07. The summed E-state index contributed by atoms with van der Waals surface area (Å²) in [6.07, 6.45) is 4.62. The molecule has 0 aliphatic heterocycles. The van der Waals surface area contributed by atoms with Crippen molar-refractivity contribution < 1.29 is 9.53 Å². The zero-order valence-corrected chi connectivity index (χ0v) is 12.0. The Hall–Kier alpha value is -1.97. The molecule has 1 fully saturated rings. The van der Waals surface area contributed by atoms with E-state index >= 15 is 0 Å². The summed E-state index contributed by atoms with van der Waals surface area (Å²) < 4.78 is 7.30. The number of fused-ring (bicyclic) bond motifs is 1. The van der Waals surface area contributed by atoms with Gasteiger partial charge in [-0.15, -0.1) is 0 Å². The molecule has 20 heavy (non-hydrogen) atoms. The summed E-state index contributed by atoms with van der Waals surface area (Å²) in [6, 6.07) is 8.12. The van der Waals surface area contributed by atoms with Crippen LogP contribution in [0.5, 0.6) is 5.75 Å². The van der Waals surface area contributed by atoms with Gasteiger partial charge in [0.2, 0.25) is 0 Å². The van der Waals surface area contributed by atoms with Crippen LogP contribution < -0.4 is 10.1 Å². The van der Waals surface area contributed by atoms with E-state index in [0.717, 1.165) is 29.5 Å². The van der Waals surface area contributed by atoms with Crippen LogP contribution in [0.15, 0.2) is 24.3 Å². The van der Waals surface area contributed by atoms with Crippen molar-refractivity contribution in [2.45, 2.75) is 31.7 Å². The molecule has 0 atom stereocenters. The van der Waals surface area contributed by atoms with Crippen LogP contribution in [0.25, 0.3) is 10.9 Å². The van der Waals surface area contributed by atoms with Gasteiger partial charge in [-0.25, -0.2) is 0 Å². The minimum Gasteiger partial charge on any atom is -0.496 e. The average molecular weight is 272 g/mol. The molecule has 2 aromatic rings. The molecule has 1 saturated carbocycles. The number of hydrogen-bond acceptors (Lipinski definition) is 2. The number of nitrogens with zero attached hydrogens (tertiary/aromatic N) is 1. The van der Waals surface area contributed by atoms with Gasteiger partial charge in [-0.2, -0.15) is 0 Å². The van der Waals surface area contributed by atoms with Crippen molar-refractivity contribution in [3.8, 4) is 5.75 Å². The smallest absolute Gasteiger partial charge is 0.268 e. The first-order valence-corrected chi connectivity index (χ1v) is 7.14. The van der Waals surface area contributed by atoms with E-state index in [1.54, 1.807) is 7.11 Å². The Bertz CT molecular complexity index is 639. The molecule has 4 nitrogen and oxygen atoms in total. The maximum absolute atomic E-state index is 12.4. The van der Waals surface area contributed by atoms with Gasteiger partial charge in [0.25, 0.3) is 5.91 Å². The number of hydrogen-bond donors (Lipinski definition) is 1. The molecule has 1 N–H and O–H groups in total. The lowest BCUT2D eigenvalue weighted by atomic mass is 10.2. The second-order valence-electron chi connectivity index (χ2n) is 5.44. The second kappa shape index (κ2) is 5.19. The Kier molecular flexibility index (Phi) is 3.38. The van der Waals surface area contributed by atoms with Gasteiger partial charge in [-0.05, 0) is 31.0 Å². The van der Waals surface area contributed by atoms with Gasteiger partial charge in [0, 0.05) is 18.5 Å². The van der Waals surface area contributed by atoms with Crippen LogP contribution >= 0.6 is 0 Å². The van der Waals surface area contributed by atoms with E-state index in [1.807, 2.05) is 35.9 Å². The number of ether oxygens (including phenoxy) is 1. The molecule has 0 radical (unpaired) electrons. The number of nitrogens with one attached hydrogen (secondary N) is 1. The van der Waals surface area contributed by atoms with Crippen molar-refractivity contribution >= 4 is 16.8 Å². The molecule has 3 rings (SSSR count). The maximum atomic E-state index is 12.4. The predicted molar refractivity (Wildman–Crippen MR) is 79.2 cm³/mol. The first kappa shape index (κ1) is 13.0. The summed E-state index contributed by atoms with van der Waals surface area (Å²) >= 11 is 0. The third kappa shape index (κ3) is 2.15. The standard InChI is InChI=1S/C16H20N2O2/c1-18-13-8-5-9-15(20-2)12(13)10-14(18)16(19)17-11-6-3-4-7-11/h5,8-11H,3-4,6-7H2,1-2H3,(H,17,19). The number of rotatable bonds is 3. The number of aryl methyl sites for hydroxylation is 1.